The molecule has 6 heteroatoms. The molecule has 2 aliphatic rings. The van der Waals surface area contributed by atoms with Gasteiger partial charge < -0.3 is 15.6 Å². The summed E-state index contributed by atoms with van der Waals surface area (Å²) in [7, 11) is 4.05. The molecule has 3 heterocycles. The Labute approximate surface area is 155 Å². The van der Waals surface area contributed by atoms with E-state index in [1.165, 1.54) is 16.5 Å². The van der Waals surface area contributed by atoms with Crippen LogP contribution in [0.5, 0.6) is 0 Å². The first kappa shape index (κ1) is 14.8. The van der Waals surface area contributed by atoms with Gasteiger partial charge in [0.1, 0.15) is 0 Å². The van der Waals surface area contributed by atoms with E-state index in [0.717, 1.165) is 57.4 Å². The number of nitrogen functional groups attached to an aromatic ring is 1. The van der Waals surface area contributed by atoms with E-state index in [-0.39, 0.29) is 5.91 Å². The van der Waals surface area contributed by atoms with E-state index in [4.69, 9.17) is 5.73 Å². The Hall–Kier alpha value is -3.28. The largest absolute Gasteiger partial charge is 0.399 e. The molecule has 4 aromatic rings. The number of carbonyl (C=O) groups is 1. The molecule has 1 aliphatic heterocycles. The zero-order valence-corrected chi connectivity index (χ0v) is 15.3. The van der Waals surface area contributed by atoms with Crippen LogP contribution in [0.25, 0.3) is 32.9 Å². The van der Waals surface area contributed by atoms with Gasteiger partial charge in [-0.05, 0) is 42.2 Å². The SMILES string of the molecule is Cn1cc2c(n1)CCc1c-2c2c(c3c4cc(N)ccc4n(C)c13)CNC2=O. The monoisotopic (exact) mass is 357 g/mol. The van der Waals surface area contributed by atoms with E-state index >= 15 is 0 Å². The zero-order valence-electron chi connectivity index (χ0n) is 15.3. The van der Waals surface area contributed by atoms with Crippen molar-refractivity contribution in [3.05, 3.63) is 46.8 Å². The van der Waals surface area contributed by atoms with Crippen LogP contribution in [0.3, 0.4) is 0 Å². The third kappa shape index (κ3) is 1.70. The topological polar surface area (TPSA) is 77.9 Å². The predicted molar refractivity (Wildman–Crippen MR) is 106 cm³/mol. The normalized spacial score (nSPS) is 15.1. The van der Waals surface area contributed by atoms with Gasteiger partial charge in [0.15, 0.2) is 0 Å². The average Bonchev–Trinajstić information content (AvgIpc) is 3.29. The Bertz CT molecular complexity index is 1320. The number of nitrogens with one attached hydrogen (secondary N) is 1. The number of aromatic nitrogens is 3. The number of fused-ring (bicyclic) bond motifs is 10. The van der Waals surface area contributed by atoms with Gasteiger partial charge in [0.05, 0.1) is 16.8 Å². The van der Waals surface area contributed by atoms with E-state index in [1.54, 1.807) is 0 Å². The standard InChI is InChI=1S/C21H19N5O/c1-25-9-14-15(24-25)5-4-11-17(14)19-13(8-23-21(19)27)18-12-7-10(22)3-6-16(12)26(2)20(11)18/h3,6-7,9H,4-5,8,22H2,1-2H3,(H,23,27). The molecule has 0 saturated heterocycles. The molecule has 2 aromatic carbocycles. The maximum absolute atomic E-state index is 12.8. The van der Waals surface area contributed by atoms with Crippen LogP contribution in [0.1, 0.15) is 27.2 Å². The molecular formula is C21H19N5O. The molecule has 1 aliphatic carbocycles. The lowest BCUT2D eigenvalue weighted by atomic mass is 9.83. The van der Waals surface area contributed by atoms with Crippen LogP contribution >= 0.6 is 0 Å². The molecule has 0 spiro atoms. The van der Waals surface area contributed by atoms with Crippen LogP contribution < -0.4 is 11.1 Å². The van der Waals surface area contributed by atoms with E-state index in [2.05, 4.69) is 28.1 Å². The molecule has 0 radical (unpaired) electrons. The molecule has 0 saturated carbocycles. The molecule has 0 fully saturated rings. The van der Waals surface area contributed by atoms with Crippen molar-refractivity contribution in [2.45, 2.75) is 19.4 Å². The van der Waals surface area contributed by atoms with Crippen molar-refractivity contribution in [2.24, 2.45) is 14.1 Å². The highest BCUT2D eigenvalue weighted by molar-refractivity contribution is 6.19. The summed E-state index contributed by atoms with van der Waals surface area (Å²) in [5.41, 5.74) is 15.6. The molecule has 3 N–H and O–H groups in total. The number of rotatable bonds is 0. The highest BCUT2D eigenvalue weighted by Gasteiger charge is 2.34. The van der Waals surface area contributed by atoms with Gasteiger partial charge in [-0.2, -0.15) is 5.10 Å². The van der Waals surface area contributed by atoms with E-state index in [1.807, 2.05) is 30.1 Å². The van der Waals surface area contributed by atoms with Gasteiger partial charge in [0.25, 0.3) is 5.91 Å². The second-order valence-corrected chi connectivity index (χ2v) is 7.61. The van der Waals surface area contributed by atoms with Gasteiger partial charge >= 0.3 is 0 Å². The molecular weight excluding hydrogens is 338 g/mol. The first-order chi connectivity index (χ1) is 13.0. The number of anilines is 1. The Kier molecular flexibility index (Phi) is 2.59. The lowest BCUT2D eigenvalue weighted by Crippen LogP contribution is -2.15. The van der Waals surface area contributed by atoms with Crippen LogP contribution in [0.15, 0.2) is 24.4 Å². The van der Waals surface area contributed by atoms with Crippen LogP contribution in [0.4, 0.5) is 5.69 Å². The first-order valence-electron chi connectivity index (χ1n) is 9.21. The van der Waals surface area contributed by atoms with Gasteiger partial charge in [-0.3, -0.25) is 9.48 Å². The Morgan fingerprint density at radius 1 is 1.15 bits per heavy atom. The minimum Gasteiger partial charge on any atom is -0.399 e. The van der Waals surface area contributed by atoms with Gasteiger partial charge in [-0.1, -0.05) is 0 Å². The van der Waals surface area contributed by atoms with Crippen molar-refractivity contribution < 1.29 is 4.79 Å². The van der Waals surface area contributed by atoms with Crippen molar-refractivity contribution in [1.29, 1.82) is 0 Å². The third-order valence-electron chi connectivity index (χ3n) is 6.10. The van der Waals surface area contributed by atoms with Crippen molar-refractivity contribution >= 4 is 33.4 Å². The molecule has 2 aromatic heterocycles. The second kappa shape index (κ2) is 4.71. The summed E-state index contributed by atoms with van der Waals surface area (Å²) >= 11 is 0. The summed E-state index contributed by atoms with van der Waals surface area (Å²) in [5.74, 6) is 0.0146. The number of hydrogen-bond acceptors (Lipinski definition) is 3. The highest BCUT2D eigenvalue weighted by Crippen LogP contribution is 2.46. The molecule has 6 nitrogen and oxygen atoms in total. The van der Waals surface area contributed by atoms with Crippen molar-refractivity contribution in [3.63, 3.8) is 0 Å². The van der Waals surface area contributed by atoms with Gasteiger partial charge in [0.2, 0.25) is 0 Å². The minimum atomic E-state index is 0.0146. The zero-order chi connectivity index (χ0) is 18.4. The van der Waals surface area contributed by atoms with Crippen LogP contribution in [-0.2, 0) is 33.5 Å². The Morgan fingerprint density at radius 2 is 2.00 bits per heavy atom. The first-order valence-corrected chi connectivity index (χ1v) is 9.21. The fourth-order valence-corrected chi connectivity index (χ4v) is 5.06. The average molecular weight is 357 g/mol. The Morgan fingerprint density at radius 3 is 2.85 bits per heavy atom. The number of carbonyl (C=O) groups excluding carboxylic acids is 1. The highest BCUT2D eigenvalue weighted by atomic mass is 16.1. The maximum Gasteiger partial charge on any atom is 0.252 e. The predicted octanol–water partition coefficient (Wildman–Crippen LogP) is 2.66. The molecule has 134 valence electrons. The van der Waals surface area contributed by atoms with Crippen molar-refractivity contribution in [2.75, 3.05) is 5.73 Å². The van der Waals surface area contributed by atoms with Crippen molar-refractivity contribution in [3.8, 4) is 11.1 Å². The molecule has 27 heavy (non-hydrogen) atoms. The fourth-order valence-electron chi connectivity index (χ4n) is 5.06. The van der Waals surface area contributed by atoms with E-state index < -0.39 is 0 Å². The lowest BCUT2D eigenvalue weighted by Gasteiger charge is -2.20. The summed E-state index contributed by atoms with van der Waals surface area (Å²) in [6.45, 7) is 0.557. The van der Waals surface area contributed by atoms with E-state index in [0.29, 0.717) is 6.54 Å². The number of benzene rings is 2. The van der Waals surface area contributed by atoms with E-state index in [9.17, 15) is 4.79 Å². The molecule has 0 atom stereocenters. The van der Waals surface area contributed by atoms with Crippen LogP contribution in [-0.4, -0.2) is 20.3 Å². The number of hydrogen-bond donors (Lipinski definition) is 2. The van der Waals surface area contributed by atoms with Gasteiger partial charge in [0, 0.05) is 59.9 Å². The number of aryl methyl sites for hydroxylation is 4. The van der Waals surface area contributed by atoms with Crippen LogP contribution in [0, 0.1) is 0 Å². The van der Waals surface area contributed by atoms with Gasteiger partial charge in [-0.15, -0.1) is 0 Å². The molecule has 0 unspecified atom stereocenters. The third-order valence-corrected chi connectivity index (χ3v) is 6.10. The quantitative estimate of drug-likeness (QED) is 0.475. The summed E-state index contributed by atoms with van der Waals surface area (Å²) in [4.78, 5) is 12.8. The van der Waals surface area contributed by atoms with Gasteiger partial charge in [-0.25, -0.2) is 0 Å². The second-order valence-electron chi connectivity index (χ2n) is 7.61. The minimum absolute atomic E-state index is 0.0146. The number of nitrogens with two attached hydrogens (primary N) is 1. The maximum atomic E-state index is 12.8. The lowest BCUT2D eigenvalue weighted by molar-refractivity contribution is 0.0966. The van der Waals surface area contributed by atoms with Crippen molar-refractivity contribution in [1.82, 2.24) is 19.7 Å². The number of amides is 1. The summed E-state index contributed by atoms with van der Waals surface area (Å²) < 4.78 is 4.11. The molecule has 1 amide bonds. The smallest absolute Gasteiger partial charge is 0.252 e. The summed E-state index contributed by atoms with van der Waals surface area (Å²) in [5, 5.41) is 9.96. The summed E-state index contributed by atoms with van der Waals surface area (Å²) in [6.07, 6.45) is 3.82. The summed E-state index contributed by atoms with van der Waals surface area (Å²) in [6, 6.07) is 6.05. The fraction of sp³-hybridized carbons (Fsp3) is 0.238. The van der Waals surface area contributed by atoms with Crippen LogP contribution in [0.2, 0.25) is 0 Å². The Balaban J connectivity index is 1.89. The molecule has 6 rings (SSSR count). The number of nitrogens with zero attached hydrogens (tertiary/aromatic N) is 3. The molecule has 0 bridgehead atoms.